The Balaban J connectivity index is 2.30. The zero-order valence-electron chi connectivity index (χ0n) is 8.00. The smallest absolute Gasteiger partial charge is 0.253 e. The van der Waals surface area contributed by atoms with Crippen LogP contribution in [0.4, 0.5) is 0 Å². The van der Waals surface area contributed by atoms with Crippen LogP contribution in [0.15, 0.2) is 47.7 Å². The first-order valence-corrected chi connectivity index (χ1v) is 4.54. The molecule has 0 fully saturated rings. The van der Waals surface area contributed by atoms with Crippen molar-refractivity contribution in [1.82, 2.24) is 9.55 Å². The number of nitrogens with zero attached hydrogens (tertiary/aromatic N) is 2. The topological polar surface area (TPSA) is 55.1 Å². The summed E-state index contributed by atoms with van der Waals surface area (Å²) in [6, 6.07) is 8.21. The Bertz CT molecular complexity index is 520. The molecule has 1 N–H and O–H groups in total. The SMILES string of the molecule is O=c1ccncn1Cc1cccc(O)c1. The van der Waals surface area contributed by atoms with Gasteiger partial charge in [-0.1, -0.05) is 12.1 Å². The van der Waals surface area contributed by atoms with Crippen molar-refractivity contribution >= 4 is 0 Å². The molecule has 0 unspecified atom stereocenters. The second kappa shape index (κ2) is 3.96. The van der Waals surface area contributed by atoms with E-state index in [1.807, 2.05) is 6.07 Å². The number of benzene rings is 1. The van der Waals surface area contributed by atoms with Crippen LogP contribution in [0, 0.1) is 0 Å². The van der Waals surface area contributed by atoms with Crippen molar-refractivity contribution in [2.24, 2.45) is 0 Å². The van der Waals surface area contributed by atoms with Crippen LogP contribution >= 0.6 is 0 Å². The molecule has 0 aliphatic rings. The number of phenolic OH excluding ortho intramolecular Hbond substituents is 1. The van der Waals surface area contributed by atoms with Gasteiger partial charge in [-0.3, -0.25) is 9.36 Å². The van der Waals surface area contributed by atoms with E-state index in [4.69, 9.17) is 0 Å². The van der Waals surface area contributed by atoms with Gasteiger partial charge in [0.2, 0.25) is 0 Å². The average molecular weight is 202 g/mol. The lowest BCUT2D eigenvalue weighted by Gasteiger charge is -2.04. The van der Waals surface area contributed by atoms with Gasteiger partial charge < -0.3 is 5.11 Å². The zero-order chi connectivity index (χ0) is 10.7. The van der Waals surface area contributed by atoms with Crippen LogP contribution in [0.2, 0.25) is 0 Å². The minimum atomic E-state index is -0.103. The zero-order valence-corrected chi connectivity index (χ0v) is 8.00. The van der Waals surface area contributed by atoms with Crippen molar-refractivity contribution in [1.29, 1.82) is 0 Å². The van der Waals surface area contributed by atoms with Crippen LogP contribution in [-0.2, 0) is 6.54 Å². The second-order valence-corrected chi connectivity index (χ2v) is 3.22. The van der Waals surface area contributed by atoms with Crippen LogP contribution < -0.4 is 5.56 Å². The molecular formula is C11H10N2O2. The van der Waals surface area contributed by atoms with Crippen molar-refractivity contribution in [2.45, 2.75) is 6.54 Å². The summed E-state index contributed by atoms with van der Waals surface area (Å²) in [6.45, 7) is 0.418. The van der Waals surface area contributed by atoms with E-state index in [0.29, 0.717) is 6.54 Å². The van der Waals surface area contributed by atoms with Crippen LogP contribution in [0.1, 0.15) is 5.56 Å². The lowest BCUT2D eigenvalue weighted by Crippen LogP contribution is -2.19. The molecule has 0 atom stereocenters. The fraction of sp³-hybridized carbons (Fsp3) is 0.0909. The lowest BCUT2D eigenvalue weighted by atomic mass is 10.2. The van der Waals surface area contributed by atoms with Gasteiger partial charge in [-0.25, -0.2) is 4.98 Å². The first-order chi connectivity index (χ1) is 7.25. The highest BCUT2D eigenvalue weighted by atomic mass is 16.3. The summed E-state index contributed by atoms with van der Waals surface area (Å²) in [5.41, 5.74) is 0.762. The Morgan fingerprint density at radius 1 is 1.33 bits per heavy atom. The van der Waals surface area contributed by atoms with E-state index < -0.39 is 0 Å². The normalized spacial score (nSPS) is 10.1. The van der Waals surface area contributed by atoms with Gasteiger partial charge in [0.05, 0.1) is 12.9 Å². The molecule has 0 amide bonds. The minimum Gasteiger partial charge on any atom is -0.508 e. The van der Waals surface area contributed by atoms with Crippen molar-refractivity contribution in [3.63, 3.8) is 0 Å². The highest BCUT2D eigenvalue weighted by Gasteiger charge is 1.97. The molecule has 0 bridgehead atoms. The van der Waals surface area contributed by atoms with E-state index in [2.05, 4.69) is 4.98 Å². The molecule has 4 heteroatoms. The standard InChI is InChI=1S/C11H10N2O2/c14-10-3-1-2-9(6-10)7-13-8-12-5-4-11(13)15/h1-6,8,14H,7H2. The van der Waals surface area contributed by atoms with E-state index in [0.717, 1.165) is 5.56 Å². The molecule has 0 radical (unpaired) electrons. The van der Waals surface area contributed by atoms with Crippen molar-refractivity contribution in [3.05, 3.63) is 58.8 Å². The molecule has 0 saturated heterocycles. The fourth-order valence-corrected chi connectivity index (χ4v) is 1.35. The van der Waals surface area contributed by atoms with E-state index in [9.17, 15) is 9.90 Å². The second-order valence-electron chi connectivity index (χ2n) is 3.22. The van der Waals surface area contributed by atoms with Crippen LogP contribution in [-0.4, -0.2) is 14.7 Å². The summed E-state index contributed by atoms with van der Waals surface area (Å²) >= 11 is 0. The first kappa shape index (κ1) is 9.45. The van der Waals surface area contributed by atoms with Crippen molar-refractivity contribution in [3.8, 4) is 5.75 Å². The number of aromatic nitrogens is 2. The maximum absolute atomic E-state index is 11.4. The molecular weight excluding hydrogens is 192 g/mol. The van der Waals surface area contributed by atoms with E-state index in [1.54, 1.807) is 18.2 Å². The van der Waals surface area contributed by atoms with Gasteiger partial charge in [0.15, 0.2) is 0 Å². The van der Waals surface area contributed by atoms with E-state index in [-0.39, 0.29) is 11.3 Å². The summed E-state index contributed by atoms with van der Waals surface area (Å²) in [5, 5.41) is 9.26. The maximum atomic E-state index is 11.4. The lowest BCUT2D eigenvalue weighted by molar-refractivity contribution is 0.474. The highest BCUT2D eigenvalue weighted by Crippen LogP contribution is 2.11. The fourth-order valence-electron chi connectivity index (χ4n) is 1.35. The molecule has 15 heavy (non-hydrogen) atoms. The third-order valence-electron chi connectivity index (χ3n) is 2.06. The molecule has 1 aromatic carbocycles. The number of phenols is 1. The van der Waals surface area contributed by atoms with Gasteiger partial charge in [0.1, 0.15) is 5.75 Å². The molecule has 0 aliphatic heterocycles. The summed E-state index contributed by atoms with van der Waals surface area (Å²) in [5.74, 6) is 0.199. The van der Waals surface area contributed by atoms with Crippen LogP contribution in [0.5, 0.6) is 5.75 Å². The quantitative estimate of drug-likeness (QED) is 0.790. The highest BCUT2D eigenvalue weighted by molar-refractivity contribution is 5.27. The van der Waals surface area contributed by atoms with Gasteiger partial charge >= 0.3 is 0 Å². The van der Waals surface area contributed by atoms with E-state index >= 15 is 0 Å². The van der Waals surface area contributed by atoms with Crippen LogP contribution in [0.3, 0.4) is 0 Å². The Morgan fingerprint density at radius 2 is 2.20 bits per heavy atom. The van der Waals surface area contributed by atoms with Gasteiger partial charge in [0, 0.05) is 12.3 Å². The van der Waals surface area contributed by atoms with Gasteiger partial charge in [-0.15, -0.1) is 0 Å². The molecule has 76 valence electrons. The number of hydrogen-bond donors (Lipinski definition) is 1. The van der Waals surface area contributed by atoms with Crippen molar-refractivity contribution in [2.75, 3.05) is 0 Å². The molecule has 2 aromatic rings. The van der Waals surface area contributed by atoms with Crippen LogP contribution in [0.25, 0.3) is 0 Å². The summed E-state index contributed by atoms with van der Waals surface area (Å²) in [6.07, 6.45) is 2.94. The monoisotopic (exact) mass is 202 g/mol. The molecule has 2 rings (SSSR count). The summed E-state index contributed by atoms with van der Waals surface area (Å²) < 4.78 is 1.48. The maximum Gasteiger partial charge on any atom is 0.253 e. The first-order valence-electron chi connectivity index (χ1n) is 4.54. The number of aromatic hydroxyl groups is 1. The summed E-state index contributed by atoms with van der Waals surface area (Å²) in [4.78, 5) is 15.2. The average Bonchev–Trinajstić information content (AvgIpc) is 2.22. The summed E-state index contributed by atoms with van der Waals surface area (Å²) in [7, 11) is 0. The Labute approximate surface area is 86.5 Å². The minimum absolute atomic E-state index is 0.103. The van der Waals surface area contributed by atoms with Gasteiger partial charge in [0.25, 0.3) is 5.56 Å². The molecule has 0 saturated carbocycles. The third-order valence-corrected chi connectivity index (χ3v) is 2.06. The van der Waals surface area contributed by atoms with Gasteiger partial charge in [-0.2, -0.15) is 0 Å². The molecule has 1 aromatic heterocycles. The molecule has 4 nitrogen and oxygen atoms in total. The predicted octanol–water partition coefficient (Wildman–Crippen LogP) is 0.997. The largest absolute Gasteiger partial charge is 0.508 e. The Kier molecular flexibility index (Phi) is 2.49. The predicted molar refractivity (Wildman–Crippen MR) is 55.7 cm³/mol. The van der Waals surface area contributed by atoms with Gasteiger partial charge in [-0.05, 0) is 17.7 Å². The molecule has 0 spiro atoms. The number of rotatable bonds is 2. The molecule has 0 aliphatic carbocycles. The van der Waals surface area contributed by atoms with E-state index in [1.165, 1.54) is 23.2 Å². The number of hydrogen-bond acceptors (Lipinski definition) is 3. The Morgan fingerprint density at radius 3 is 2.93 bits per heavy atom. The van der Waals surface area contributed by atoms with Crippen molar-refractivity contribution < 1.29 is 5.11 Å². The molecule has 1 heterocycles. The Hall–Kier alpha value is -2.10. The third kappa shape index (κ3) is 2.22.